The van der Waals surface area contributed by atoms with E-state index in [9.17, 15) is 4.79 Å². The van der Waals surface area contributed by atoms with E-state index in [4.69, 9.17) is 0 Å². The van der Waals surface area contributed by atoms with Crippen molar-refractivity contribution < 1.29 is 4.79 Å². The number of aryl methyl sites for hydroxylation is 1. The smallest absolute Gasteiger partial charge is 0.222 e. The number of aromatic nitrogens is 2. The summed E-state index contributed by atoms with van der Waals surface area (Å²) < 4.78 is 0. The fourth-order valence-corrected chi connectivity index (χ4v) is 3.75. The largest absolute Gasteiger partial charge is 0.343 e. The van der Waals surface area contributed by atoms with Gasteiger partial charge in [0.15, 0.2) is 0 Å². The van der Waals surface area contributed by atoms with Crippen molar-refractivity contribution in [2.45, 2.75) is 31.6 Å². The Hall–Kier alpha value is -2.62. The van der Waals surface area contributed by atoms with Crippen LogP contribution in [0.1, 0.15) is 36.3 Å². The first-order valence-electron chi connectivity index (χ1n) is 9.04. The first-order valence-corrected chi connectivity index (χ1v) is 9.04. The zero-order valence-electron chi connectivity index (χ0n) is 14.3. The molecule has 128 valence electrons. The molecule has 1 aliphatic heterocycles. The Kier molecular flexibility index (Phi) is 4.51. The predicted molar refractivity (Wildman–Crippen MR) is 99.4 cm³/mol. The molecule has 0 saturated carbocycles. The van der Waals surface area contributed by atoms with E-state index in [2.05, 4.69) is 52.7 Å². The Morgan fingerprint density at radius 1 is 1.12 bits per heavy atom. The number of aromatic amines is 1. The summed E-state index contributed by atoms with van der Waals surface area (Å²) in [5.74, 6) is 0.807. The molecule has 1 N–H and O–H groups in total. The summed E-state index contributed by atoms with van der Waals surface area (Å²) in [6.07, 6.45) is 7.34. The number of rotatable bonds is 4. The van der Waals surface area contributed by atoms with Gasteiger partial charge in [-0.25, -0.2) is 0 Å². The van der Waals surface area contributed by atoms with Gasteiger partial charge in [-0.2, -0.15) is 5.10 Å². The van der Waals surface area contributed by atoms with Crippen LogP contribution < -0.4 is 0 Å². The third kappa shape index (κ3) is 3.58. The maximum Gasteiger partial charge on any atom is 0.222 e. The number of fused-ring (bicyclic) bond motifs is 1. The SMILES string of the molecule is O=C(CCc1ccc2ccccc2c1)N1CCC(c2cn[nH]c2)CC1. The number of piperidine rings is 1. The number of amides is 1. The molecule has 1 aliphatic rings. The van der Waals surface area contributed by atoms with Crippen LogP contribution in [-0.2, 0) is 11.2 Å². The van der Waals surface area contributed by atoms with Crippen molar-refractivity contribution in [2.75, 3.05) is 13.1 Å². The molecule has 1 aromatic heterocycles. The number of hydrogen-bond acceptors (Lipinski definition) is 2. The van der Waals surface area contributed by atoms with Gasteiger partial charge in [-0.05, 0) is 47.1 Å². The average molecular weight is 333 g/mol. The third-order valence-corrected chi connectivity index (χ3v) is 5.28. The highest BCUT2D eigenvalue weighted by Gasteiger charge is 2.23. The minimum atomic E-state index is 0.277. The number of H-pyrrole nitrogens is 1. The Morgan fingerprint density at radius 2 is 1.92 bits per heavy atom. The topological polar surface area (TPSA) is 49.0 Å². The summed E-state index contributed by atoms with van der Waals surface area (Å²) in [6, 6.07) is 14.8. The highest BCUT2D eigenvalue weighted by Crippen LogP contribution is 2.27. The van der Waals surface area contributed by atoms with Gasteiger partial charge in [-0.15, -0.1) is 0 Å². The number of likely N-dealkylation sites (tertiary alicyclic amines) is 1. The minimum absolute atomic E-state index is 0.277. The summed E-state index contributed by atoms with van der Waals surface area (Å²) in [6.45, 7) is 1.71. The second-order valence-corrected chi connectivity index (χ2v) is 6.87. The highest BCUT2D eigenvalue weighted by molar-refractivity contribution is 5.83. The standard InChI is InChI=1S/C21H23N3O/c25-21(24-11-9-18(10-12-24)20-14-22-23-15-20)8-6-16-5-7-17-3-1-2-4-19(17)13-16/h1-5,7,13-15,18H,6,8-12H2,(H,22,23). The zero-order chi connectivity index (χ0) is 17.1. The van der Waals surface area contributed by atoms with Crippen LogP contribution in [0.25, 0.3) is 10.8 Å². The maximum absolute atomic E-state index is 12.5. The molecular weight excluding hydrogens is 310 g/mol. The quantitative estimate of drug-likeness (QED) is 0.787. The summed E-state index contributed by atoms with van der Waals surface area (Å²) in [4.78, 5) is 14.6. The fourth-order valence-electron chi connectivity index (χ4n) is 3.75. The van der Waals surface area contributed by atoms with Gasteiger partial charge in [0.2, 0.25) is 5.91 Å². The van der Waals surface area contributed by atoms with Gasteiger partial charge in [0.1, 0.15) is 0 Å². The lowest BCUT2D eigenvalue weighted by atomic mass is 9.91. The fraction of sp³-hybridized carbons (Fsp3) is 0.333. The van der Waals surface area contributed by atoms with E-state index >= 15 is 0 Å². The monoisotopic (exact) mass is 333 g/mol. The second kappa shape index (κ2) is 7.09. The number of nitrogens with one attached hydrogen (secondary N) is 1. The lowest BCUT2D eigenvalue weighted by Crippen LogP contribution is -2.37. The molecule has 4 rings (SSSR count). The third-order valence-electron chi connectivity index (χ3n) is 5.28. The van der Waals surface area contributed by atoms with Crippen LogP contribution in [0.3, 0.4) is 0 Å². The van der Waals surface area contributed by atoms with E-state index in [1.807, 2.05) is 17.3 Å². The van der Waals surface area contributed by atoms with E-state index in [0.29, 0.717) is 12.3 Å². The zero-order valence-corrected chi connectivity index (χ0v) is 14.3. The van der Waals surface area contributed by atoms with Crippen LogP contribution in [0.5, 0.6) is 0 Å². The lowest BCUT2D eigenvalue weighted by Gasteiger charge is -2.31. The minimum Gasteiger partial charge on any atom is -0.343 e. The van der Waals surface area contributed by atoms with Crippen molar-refractivity contribution in [3.05, 3.63) is 66.0 Å². The maximum atomic E-state index is 12.5. The van der Waals surface area contributed by atoms with Crippen LogP contribution in [0, 0.1) is 0 Å². The lowest BCUT2D eigenvalue weighted by molar-refractivity contribution is -0.132. The number of carbonyl (C=O) groups is 1. The molecule has 4 nitrogen and oxygen atoms in total. The van der Waals surface area contributed by atoms with Crippen molar-refractivity contribution in [1.29, 1.82) is 0 Å². The van der Waals surface area contributed by atoms with Crippen LogP contribution in [0.2, 0.25) is 0 Å². The number of carbonyl (C=O) groups excluding carboxylic acids is 1. The summed E-state index contributed by atoms with van der Waals surface area (Å²) in [5, 5.41) is 9.40. The summed E-state index contributed by atoms with van der Waals surface area (Å²) in [5.41, 5.74) is 2.50. The van der Waals surface area contributed by atoms with E-state index in [1.54, 1.807) is 0 Å². The molecule has 0 aliphatic carbocycles. The molecule has 2 aromatic carbocycles. The van der Waals surface area contributed by atoms with E-state index < -0.39 is 0 Å². The highest BCUT2D eigenvalue weighted by atomic mass is 16.2. The van der Waals surface area contributed by atoms with E-state index in [-0.39, 0.29) is 5.91 Å². The number of hydrogen-bond donors (Lipinski definition) is 1. The molecule has 3 aromatic rings. The molecule has 0 bridgehead atoms. The summed E-state index contributed by atoms with van der Waals surface area (Å²) in [7, 11) is 0. The molecule has 1 amide bonds. The van der Waals surface area contributed by atoms with Gasteiger partial charge in [0.05, 0.1) is 6.20 Å². The molecule has 2 heterocycles. The van der Waals surface area contributed by atoms with Crippen LogP contribution in [0.15, 0.2) is 54.9 Å². The first kappa shape index (κ1) is 15.9. The molecule has 0 unspecified atom stereocenters. The molecule has 1 fully saturated rings. The number of nitrogens with zero attached hydrogens (tertiary/aromatic N) is 2. The molecule has 25 heavy (non-hydrogen) atoms. The van der Waals surface area contributed by atoms with E-state index in [0.717, 1.165) is 32.4 Å². The molecule has 1 saturated heterocycles. The predicted octanol–water partition coefficient (Wildman–Crippen LogP) is 3.90. The Bertz CT molecular complexity index is 848. The number of benzene rings is 2. The molecule has 0 atom stereocenters. The van der Waals surface area contributed by atoms with E-state index in [1.165, 1.54) is 21.9 Å². The second-order valence-electron chi connectivity index (χ2n) is 6.87. The van der Waals surface area contributed by atoms with Gasteiger partial charge < -0.3 is 4.90 Å². The Labute approximate surface area is 147 Å². The van der Waals surface area contributed by atoms with Gasteiger partial charge in [-0.3, -0.25) is 9.89 Å². The molecular formula is C21H23N3O. The normalized spacial score (nSPS) is 15.6. The van der Waals surface area contributed by atoms with Crippen LogP contribution >= 0.6 is 0 Å². The molecule has 0 radical (unpaired) electrons. The van der Waals surface area contributed by atoms with Gasteiger partial charge in [0.25, 0.3) is 0 Å². The van der Waals surface area contributed by atoms with Crippen LogP contribution in [0.4, 0.5) is 0 Å². The van der Waals surface area contributed by atoms with Crippen molar-refractivity contribution in [3.63, 3.8) is 0 Å². The van der Waals surface area contributed by atoms with Crippen LogP contribution in [-0.4, -0.2) is 34.1 Å². The van der Waals surface area contributed by atoms with Crippen molar-refractivity contribution in [1.82, 2.24) is 15.1 Å². The molecule has 0 spiro atoms. The van der Waals surface area contributed by atoms with Gasteiger partial charge in [-0.1, -0.05) is 42.5 Å². The van der Waals surface area contributed by atoms with Gasteiger partial charge in [0, 0.05) is 25.7 Å². The first-order chi connectivity index (χ1) is 12.3. The average Bonchev–Trinajstić information content (AvgIpc) is 3.21. The Balaban J connectivity index is 1.31. The van der Waals surface area contributed by atoms with Crippen molar-refractivity contribution in [3.8, 4) is 0 Å². The summed E-state index contributed by atoms with van der Waals surface area (Å²) >= 11 is 0. The molecule has 4 heteroatoms. The van der Waals surface area contributed by atoms with Gasteiger partial charge >= 0.3 is 0 Å². The van der Waals surface area contributed by atoms with Crippen molar-refractivity contribution >= 4 is 16.7 Å². The van der Waals surface area contributed by atoms with Crippen molar-refractivity contribution in [2.24, 2.45) is 0 Å². The Morgan fingerprint density at radius 3 is 2.68 bits per heavy atom.